The van der Waals surface area contributed by atoms with Crippen molar-refractivity contribution in [3.8, 4) is 17.2 Å². The van der Waals surface area contributed by atoms with Crippen LogP contribution < -0.4 is 15.5 Å². The monoisotopic (exact) mass is 457 g/mol. The second kappa shape index (κ2) is 7.50. The molecule has 10 heteroatoms. The second-order valence-electron chi connectivity index (χ2n) is 8.17. The molecule has 2 aromatic heterocycles. The maximum absolute atomic E-state index is 13.6. The van der Waals surface area contributed by atoms with Crippen LogP contribution in [0.1, 0.15) is 30.5 Å². The summed E-state index contributed by atoms with van der Waals surface area (Å²) in [4.78, 5) is 32.5. The Bertz CT molecular complexity index is 1350. The molecule has 3 aromatic rings. The van der Waals surface area contributed by atoms with Crippen LogP contribution in [-0.2, 0) is 4.79 Å². The maximum Gasteiger partial charge on any atom is 0.339 e. The number of pyridine rings is 1. The zero-order chi connectivity index (χ0) is 23.3. The summed E-state index contributed by atoms with van der Waals surface area (Å²) in [6, 6.07) is 10.8. The minimum atomic E-state index is -0.711. The number of nitriles is 1. The van der Waals surface area contributed by atoms with Crippen molar-refractivity contribution >= 4 is 40.6 Å². The summed E-state index contributed by atoms with van der Waals surface area (Å²) in [6.07, 6.45) is 7.01. The van der Waals surface area contributed by atoms with E-state index in [-0.39, 0.29) is 5.91 Å². The molecule has 164 valence electrons. The van der Waals surface area contributed by atoms with Crippen molar-refractivity contribution in [2.75, 3.05) is 9.80 Å². The van der Waals surface area contributed by atoms with E-state index < -0.39 is 11.6 Å². The lowest BCUT2D eigenvalue weighted by Crippen LogP contribution is -2.55. The van der Waals surface area contributed by atoms with Gasteiger partial charge in [0.25, 0.3) is 5.91 Å². The van der Waals surface area contributed by atoms with Crippen molar-refractivity contribution in [3.05, 3.63) is 60.2 Å². The van der Waals surface area contributed by atoms with E-state index in [4.69, 9.17) is 18.0 Å². The summed E-state index contributed by atoms with van der Waals surface area (Å²) >= 11 is 5.79. The van der Waals surface area contributed by atoms with Crippen molar-refractivity contribution in [1.82, 2.24) is 14.8 Å². The summed E-state index contributed by atoms with van der Waals surface area (Å²) in [7, 11) is 0. The minimum absolute atomic E-state index is 0.0727. The first-order valence-electron chi connectivity index (χ1n) is 10.4. The van der Waals surface area contributed by atoms with E-state index in [1.165, 1.54) is 11.1 Å². The third-order valence-electron chi connectivity index (χ3n) is 6.29. The zero-order valence-electron chi connectivity index (χ0n) is 17.7. The van der Waals surface area contributed by atoms with Gasteiger partial charge in [0.15, 0.2) is 5.11 Å². The molecule has 2 N–H and O–H groups in total. The van der Waals surface area contributed by atoms with Gasteiger partial charge >= 0.3 is 6.03 Å². The van der Waals surface area contributed by atoms with Crippen LogP contribution in [0.5, 0.6) is 0 Å². The van der Waals surface area contributed by atoms with E-state index in [2.05, 4.69) is 10.1 Å². The highest BCUT2D eigenvalue weighted by Crippen LogP contribution is 2.48. The molecule has 5 rings (SSSR count). The molecule has 1 saturated carbocycles. The van der Waals surface area contributed by atoms with Crippen LogP contribution in [0.3, 0.4) is 0 Å². The molecule has 9 nitrogen and oxygen atoms in total. The molecule has 3 heterocycles. The molecule has 1 spiro atoms. The summed E-state index contributed by atoms with van der Waals surface area (Å²) < 4.78 is 1.08. The van der Waals surface area contributed by atoms with Gasteiger partial charge in [-0.25, -0.2) is 9.78 Å². The number of nitrogens with two attached hydrogens (primary N) is 1. The Morgan fingerprint density at radius 1 is 1.18 bits per heavy atom. The molecule has 0 radical (unpaired) electrons. The number of amides is 2. The summed E-state index contributed by atoms with van der Waals surface area (Å²) in [6.45, 7) is 1.79. The van der Waals surface area contributed by atoms with Gasteiger partial charge in [-0.15, -0.1) is 0 Å². The number of thiocarbonyl (C=S) groups is 1. The Kier molecular flexibility index (Phi) is 4.72. The average Bonchev–Trinajstić information content (AvgIpc) is 3.35. The highest BCUT2D eigenvalue weighted by atomic mass is 32.1. The predicted molar refractivity (Wildman–Crippen MR) is 125 cm³/mol. The van der Waals surface area contributed by atoms with Gasteiger partial charge in [-0.2, -0.15) is 15.0 Å². The van der Waals surface area contributed by atoms with Crippen molar-refractivity contribution in [2.24, 2.45) is 5.73 Å². The quantitative estimate of drug-likeness (QED) is 0.600. The third-order valence-corrected chi connectivity index (χ3v) is 6.65. The van der Waals surface area contributed by atoms with Crippen LogP contribution in [0.4, 0.5) is 16.2 Å². The van der Waals surface area contributed by atoms with Crippen LogP contribution in [-0.4, -0.2) is 37.4 Å². The standard InChI is InChI=1S/C23H19N7O2S/c1-14-9-18(12-26-19(14)10-24)29-20(31)23(7-2-8-23)30(22(29)33)17-5-3-15(4-6-17)16-11-27-28(13-16)21(25)32/h3-6,9,11-13H,2,7-8H2,1H3,(H2,25,32). The SMILES string of the molecule is Cc1cc(N2C(=O)C3(CCC3)N(c3ccc(-c4cnn(C(N)=O)c4)cc3)C2=S)cnc1C#N. The fourth-order valence-electron chi connectivity index (χ4n) is 4.40. The van der Waals surface area contributed by atoms with Gasteiger partial charge in [0, 0.05) is 17.4 Å². The predicted octanol–water partition coefficient (Wildman–Crippen LogP) is 3.11. The number of rotatable bonds is 3. The van der Waals surface area contributed by atoms with Crippen LogP contribution >= 0.6 is 12.2 Å². The first kappa shape index (κ1) is 20.8. The second-order valence-corrected chi connectivity index (χ2v) is 8.54. The largest absolute Gasteiger partial charge is 0.350 e. The van der Waals surface area contributed by atoms with Crippen LogP contribution in [0.15, 0.2) is 48.9 Å². The highest BCUT2D eigenvalue weighted by Gasteiger charge is 2.59. The number of primary amides is 1. The molecule has 33 heavy (non-hydrogen) atoms. The summed E-state index contributed by atoms with van der Waals surface area (Å²) in [5.74, 6) is -0.0727. The number of carbonyl (C=O) groups is 2. The van der Waals surface area contributed by atoms with E-state index in [1.54, 1.807) is 25.4 Å². The lowest BCUT2D eigenvalue weighted by molar-refractivity contribution is -0.123. The lowest BCUT2D eigenvalue weighted by Gasteiger charge is -2.43. The number of carbonyl (C=O) groups excluding carboxylic acids is 2. The topological polar surface area (TPSA) is 121 Å². The van der Waals surface area contributed by atoms with E-state index in [0.29, 0.717) is 34.9 Å². The summed E-state index contributed by atoms with van der Waals surface area (Å²) in [5.41, 5.74) is 8.53. The molecule has 1 saturated heterocycles. The number of hydrogen-bond donors (Lipinski definition) is 1. The van der Waals surface area contributed by atoms with Crippen molar-refractivity contribution in [1.29, 1.82) is 5.26 Å². The molecule has 1 aliphatic heterocycles. The first-order valence-corrected chi connectivity index (χ1v) is 10.8. The van der Waals surface area contributed by atoms with E-state index in [0.717, 1.165) is 27.9 Å². The fraction of sp³-hybridized carbons (Fsp3) is 0.217. The molecule has 1 aliphatic carbocycles. The van der Waals surface area contributed by atoms with Gasteiger partial charge in [0.05, 0.1) is 18.1 Å². The van der Waals surface area contributed by atoms with E-state index in [9.17, 15) is 14.9 Å². The number of anilines is 2. The van der Waals surface area contributed by atoms with Crippen LogP contribution in [0, 0.1) is 18.3 Å². The molecular weight excluding hydrogens is 438 g/mol. The van der Waals surface area contributed by atoms with Crippen LogP contribution in [0.2, 0.25) is 0 Å². The smallest absolute Gasteiger partial charge is 0.339 e. The zero-order valence-corrected chi connectivity index (χ0v) is 18.5. The average molecular weight is 458 g/mol. The number of nitrogens with zero attached hydrogens (tertiary/aromatic N) is 6. The normalized spacial score (nSPS) is 16.7. The molecule has 2 aliphatic rings. The summed E-state index contributed by atoms with van der Waals surface area (Å²) in [5, 5.41) is 13.5. The molecule has 0 unspecified atom stereocenters. The van der Waals surface area contributed by atoms with Gasteiger partial charge in [0.1, 0.15) is 17.3 Å². The molecule has 2 amide bonds. The molecule has 1 aromatic carbocycles. The third kappa shape index (κ3) is 3.08. The molecular formula is C23H19N7O2S. The number of aromatic nitrogens is 3. The maximum atomic E-state index is 13.6. The number of aryl methyl sites for hydroxylation is 1. The Balaban J connectivity index is 1.50. The number of hydrogen-bond acceptors (Lipinski definition) is 6. The Hall–Kier alpha value is -4.10. The van der Waals surface area contributed by atoms with Gasteiger partial charge in [0.2, 0.25) is 0 Å². The van der Waals surface area contributed by atoms with E-state index in [1.807, 2.05) is 35.2 Å². The number of benzene rings is 1. The minimum Gasteiger partial charge on any atom is -0.350 e. The molecule has 0 bridgehead atoms. The Labute approximate surface area is 195 Å². The van der Waals surface area contributed by atoms with Gasteiger partial charge in [-0.3, -0.25) is 9.69 Å². The van der Waals surface area contributed by atoms with E-state index >= 15 is 0 Å². The van der Waals surface area contributed by atoms with Crippen LogP contribution in [0.25, 0.3) is 11.1 Å². The van der Waals surface area contributed by atoms with Crippen molar-refractivity contribution < 1.29 is 9.59 Å². The lowest BCUT2D eigenvalue weighted by atomic mass is 9.75. The van der Waals surface area contributed by atoms with Gasteiger partial charge < -0.3 is 10.6 Å². The highest BCUT2D eigenvalue weighted by molar-refractivity contribution is 7.81. The molecule has 0 atom stereocenters. The van der Waals surface area contributed by atoms with Gasteiger partial charge in [-0.1, -0.05) is 12.1 Å². The first-order chi connectivity index (χ1) is 15.9. The van der Waals surface area contributed by atoms with Crippen molar-refractivity contribution in [2.45, 2.75) is 31.7 Å². The van der Waals surface area contributed by atoms with Gasteiger partial charge in [-0.05, 0) is 67.7 Å². The van der Waals surface area contributed by atoms with Crippen molar-refractivity contribution in [3.63, 3.8) is 0 Å². The Morgan fingerprint density at radius 3 is 2.45 bits per heavy atom. The Morgan fingerprint density at radius 2 is 1.91 bits per heavy atom. The molecule has 2 fully saturated rings. The fourth-order valence-corrected chi connectivity index (χ4v) is 4.87.